The smallest absolute Gasteiger partial charge is 0.129 e. The topological polar surface area (TPSA) is 21.3 Å². The van der Waals surface area contributed by atoms with Crippen LogP contribution in [-0.2, 0) is 6.54 Å². The predicted octanol–water partition coefficient (Wildman–Crippen LogP) is 4.84. The minimum Gasteiger partial charge on any atom is -0.494 e. The SMILES string of the molecule is CCOc1cccc(CNC(C)c2ccc(Br)cc2F)c1. The molecule has 0 spiro atoms. The number of halogens is 2. The van der Waals surface area contributed by atoms with Crippen LogP contribution in [0.3, 0.4) is 0 Å². The van der Waals surface area contributed by atoms with Gasteiger partial charge in [-0.1, -0.05) is 34.1 Å². The maximum absolute atomic E-state index is 13.9. The van der Waals surface area contributed by atoms with Crippen molar-refractivity contribution in [1.29, 1.82) is 0 Å². The van der Waals surface area contributed by atoms with Crippen LogP contribution in [0.1, 0.15) is 31.0 Å². The largest absolute Gasteiger partial charge is 0.494 e. The van der Waals surface area contributed by atoms with E-state index in [0.717, 1.165) is 15.8 Å². The Morgan fingerprint density at radius 1 is 1.24 bits per heavy atom. The van der Waals surface area contributed by atoms with Crippen molar-refractivity contribution in [3.63, 3.8) is 0 Å². The molecular formula is C17H19BrFNO. The van der Waals surface area contributed by atoms with Gasteiger partial charge in [0.2, 0.25) is 0 Å². The van der Waals surface area contributed by atoms with Crippen molar-refractivity contribution >= 4 is 15.9 Å². The highest BCUT2D eigenvalue weighted by Gasteiger charge is 2.10. The summed E-state index contributed by atoms with van der Waals surface area (Å²) >= 11 is 3.27. The molecule has 0 heterocycles. The van der Waals surface area contributed by atoms with E-state index in [2.05, 4.69) is 21.2 Å². The Morgan fingerprint density at radius 3 is 2.76 bits per heavy atom. The molecule has 0 aliphatic heterocycles. The van der Waals surface area contributed by atoms with Gasteiger partial charge in [-0.25, -0.2) is 4.39 Å². The fourth-order valence-corrected chi connectivity index (χ4v) is 2.48. The maximum atomic E-state index is 13.9. The molecule has 0 aliphatic carbocycles. The van der Waals surface area contributed by atoms with Crippen molar-refractivity contribution in [2.45, 2.75) is 26.4 Å². The van der Waals surface area contributed by atoms with Gasteiger partial charge in [0, 0.05) is 22.6 Å². The van der Waals surface area contributed by atoms with E-state index in [1.165, 1.54) is 6.07 Å². The molecule has 0 aliphatic rings. The Hall–Kier alpha value is -1.39. The van der Waals surface area contributed by atoms with Gasteiger partial charge in [-0.15, -0.1) is 0 Å². The molecule has 0 aromatic heterocycles. The Morgan fingerprint density at radius 2 is 2.05 bits per heavy atom. The Labute approximate surface area is 133 Å². The number of hydrogen-bond donors (Lipinski definition) is 1. The molecule has 2 aromatic rings. The third-order valence-corrected chi connectivity index (χ3v) is 3.74. The van der Waals surface area contributed by atoms with Gasteiger partial charge >= 0.3 is 0 Å². The second-order valence-electron chi connectivity index (χ2n) is 4.85. The van der Waals surface area contributed by atoms with Gasteiger partial charge in [-0.2, -0.15) is 0 Å². The molecule has 0 amide bonds. The van der Waals surface area contributed by atoms with Gasteiger partial charge in [0.25, 0.3) is 0 Å². The van der Waals surface area contributed by atoms with E-state index < -0.39 is 0 Å². The summed E-state index contributed by atoms with van der Waals surface area (Å²) in [6.45, 7) is 5.23. The molecule has 4 heteroatoms. The van der Waals surface area contributed by atoms with Gasteiger partial charge in [0.05, 0.1) is 6.61 Å². The number of hydrogen-bond acceptors (Lipinski definition) is 2. The van der Waals surface area contributed by atoms with E-state index in [9.17, 15) is 4.39 Å². The highest BCUT2D eigenvalue weighted by Crippen LogP contribution is 2.21. The van der Waals surface area contributed by atoms with E-state index in [4.69, 9.17) is 4.74 Å². The van der Waals surface area contributed by atoms with Crippen LogP contribution in [0.2, 0.25) is 0 Å². The first-order valence-corrected chi connectivity index (χ1v) is 7.79. The molecule has 112 valence electrons. The second kappa shape index (κ2) is 7.57. The van der Waals surface area contributed by atoms with E-state index in [-0.39, 0.29) is 11.9 Å². The number of benzene rings is 2. The van der Waals surface area contributed by atoms with E-state index in [1.54, 1.807) is 6.07 Å². The monoisotopic (exact) mass is 351 g/mol. The Balaban J connectivity index is 2.00. The lowest BCUT2D eigenvalue weighted by Gasteiger charge is -2.16. The van der Waals surface area contributed by atoms with Gasteiger partial charge < -0.3 is 10.1 Å². The first-order chi connectivity index (χ1) is 10.1. The number of rotatable bonds is 6. The van der Waals surface area contributed by atoms with Crippen LogP contribution in [0.4, 0.5) is 4.39 Å². The van der Waals surface area contributed by atoms with Crippen LogP contribution in [0, 0.1) is 5.82 Å². The maximum Gasteiger partial charge on any atom is 0.129 e. The lowest BCUT2D eigenvalue weighted by atomic mass is 10.1. The first kappa shape index (κ1) is 16.0. The van der Waals surface area contributed by atoms with Gasteiger partial charge in [0.1, 0.15) is 11.6 Å². The molecule has 0 fully saturated rings. The zero-order valence-electron chi connectivity index (χ0n) is 12.2. The summed E-state index contributed by atoms with van der Waals surface area (Å²) in [6.07, 6.45) is 0. The van der Waals surface area contributed by atoms with Gasteiger partial charge in [0.15, 0.2) is 0 Å². The molecular weight excluding hydrogens is 333 g/mol. The predicted molar refractivity (Wildman–Crippen MR) is 87.0 cm³/mol. The molecule has 1 atom stereocenters. The normalized spacial score (nSPS) is 12.2. The molecule has 0 radical (unpaired) electrons. The van der Waals surface area contributed by atoms with Crippen LogP contribution in [0.15, 0.2) is 46.9 Å². The fourth-order valence-electron chi connectivity index (χ4n) is 2.15. The summed E-state index contributed by atoms with van der Waals surface area (Å²) in [5.74, 6) is 0.659. The van der Waals surface area contributed by atoms with Crippen molar-refractivity contribution in [1.82, 2.24) is 5.32 Å². The Bertz CT molecular complexity index is 603. The van der Waals surface area contributed by atoms with Crippen LogP contribution in [0.25, 0.3) is 0 Å². The lowest BCUT2D eigenvalue weighted by molar-refractivity contribution is 0.339. The van der Waals surface area contributed by atoms with Crippen molar-refractivity contribution in [2.75, 3.05) is 6.61 Å². The number of ether oxygens (including phenoxy) is 1. The van der Waals surface area contributed by atoms with Crippen molar-refractivity contribution in [3.05, 3.63) is 63.9 Å². The van der Waals surface area contributed by atoms with E-state index >= 15 is 0 Å². The molecule has 2 aromatic carbocycles. The van der Waals surface area contributed by atoms with Crippen LogP contribution in [0.5, 0.6) is 5.75 Å². The van der Waals surface area contributed by atoms with Crippen LogP contribution >= 0.6 is 15.9 Å². The summed E-state index contributed by atoms with van der Waals surface area (Å²) in [5, 5.41) is 3.33. The highest BCUT2D eigenvalue weighted by atomic mass is 79.9. The summed E-state index contributed by atoms with van der Waals surface area (Å²) in [6, 6.07) is 13.0. The standard InChI is InChI=1S/C17H19BrFNO/c1-3-21-15-6-4-5-13(9-15)11-20-12(2)16-8-7-14(18)10-17(16)19/h4-10,12,20H,3,11H2,1-2H3. The third kappa shape index (κ3) is 4.55. The van der Waals surface area contributed by atoms with E-state index in [1.807, 2.05) is 44.2 Å². The van der Waals surface area contributed by atoms with Crippen molar-refractivity contribution in [3.8, 4) is 5.75 Å². The third-order valence-electron chi connectivity index (χ3n) is 3.25. The Kier molecular flexibility index (Phi) is 5.76. The summed E-state index contributed by atoms with van der Waals surface area (Å²) in [7, 11) is 0. The first-order valence-electron chi connectivity index (χ1n) is 7.00. The summed E-state index contributed by atoms with van der Waals surface area (Å²) in [4.78, 5) is 0. The van der Waals surface area contributed by atoms with Crippen LogP contribution < -0.4 is 10.1 Å². The molecule has 1 unspecified atom stereocenters. The second-order valence-corrected chi connectivity index (χ2v) is 5.76. The molecule has 21 heavy (non-hydrogen) atoms. The zero-order valence-corrected chi connectivity index (χ0v) is 13.8. The molecule has 0 saturated carbocycles. The van der Waals surface area contributed by atoms with Crippen molar-refractivity contribution in [2.24, 2.45) is 0 Å². The zero-order chi connectivity index (χ0) is 15.2. The molecule has 1 N–H and O–H groups in total. The molecule has 0 saturated heterocycles. The van der Waals surface area contributed by atoms with Crippen LogP contribution in [-0.4, -0.2) is 6.61 Å². The van der Waals surface area contributed by atoms with Gasteiger partial charge in [-0.05, 0) is 43.7 Å². The number of nitrogens with one attached hydrogen (secondary N) is 1. The highest BCUT2D eigenvalue weighted by molar-refractivity contribution is 9.10. The average molecular weight is 352 g/mol. The summed E-state index contributed by atoms with van der Waals surface area (Å²) in [5.41, 5.74) is 1.78. The quantitative estimate of drug-likeness (QED) is 0.803. The summed E-state index contributed by atoms with van der Waals surface area (Å²) < 4.78 is 20.1. The molecule has 0 bridgehead atoms. The van der Waals surface area contributed by atoms with E-state index in [0.29, 0.717) is 18.7 Å². The fraction of sp³-hybridized carbons (Fsp3) is 0.294. The molecule has 2 rings (SSSR count). The minimum absolute atomic E-state index is 0.0613. The van der Waals surface area contributed by atoms with Gasteiger partial charge in [-0.3, -0.25) is 0 Å². The minimum atomic E-state index is -0.201. The lowest BCUT2D eigenvalue weighted by Crippen LogP contribution is -2.19. The molecule has 2 nitrogen and oxygen atoms in total. The average Bonchev–Trinajstić information content (AvgIpc) is 2.45. The van der Waals surface area contributed by atoms with Crippen molar-refractivity contribution < 1.29 is 9.13 Å².